The second-order valence-corrected chi connectivity index (χ2v) is 3.51. The molecule has 3 nitrogen and oxygen atoms in total. The first kappa shape index (κ1) is 11.3. The Morgan fingerprint density at radius 1 is 1.67 bits per heavy atom. The van der Waals surface area contributed by atoms with Gasteiger partial charge in [0.25, 0.3) is 0 Å². The van der Waals surface area contributed by atoms with Gasteiger partial charge in [0.15, 0.2) is 0 Å². The fraction of sp³-hybridized carbons (Fsp3) is 0.667. The van der Waals surface area contributed by atoms with Gasteiger partial charge in [-0.05, 0) is 13.0 Å². The SMILES string of the molecule is C=CC(=O)C(C)[N+](C)(C)CCO. The summed E-state index contributed by atoms with van der Waals surface area (Å²) in [6.45, 7) is 5.96. The van der Waals surface area contributed by atoms with E-state index in [1.807, 2.05) is 21.0 Å². The summed E-state index contributed by atoms with van der Waals surface area (Å²) in [4.78, 5) is 11.2. The molecule has 0 amide bonds. The lowest BCUT2D eigenvalue weighted by atomic mass is 10.1. The Morgan fingerprint density at radius 3 is 2.50 bits per heavy atom. The van der Waals surface area contributed by atoms with Crippen LogP contribution in [0.5, 0.6) is 0 Å². The maximum atomic E-state index is 11.2. The van der Waals surface area contributed by atoms with Gasteiger partial charge in [-0.15, -0.1) is 0 Å². The maximum absolute atomic E-state index is 11.2. The Hall–Kier alpha value is -0.670. The van der Waals surface area contributed by atoms with Crippen molar-refractivity contribution in [3.05, 3.63) is 12.7 Å². The molecule has 0 rings (SSSR count). The molecule has 0 spiro atoms. The molecule has 0 aliphatic rings. The van der Waals surface area contributed by atoms with E-state index in [4.69, 9.17) is 5.11 Å². The number of nitrogens with zero attached hydrogens (tertiary/aromatic N) is 1. The molecule has 0 heterocycles. The van der Waals surface area contributed by atoms with Crippen molar-refractivity contribution in [3.8, 4) is 0 Å². The Morgan fingerprint density at radius 2 is 2.17 bits per heavy atom. The highest BCUT2D eigenvalue weighted by molar-refractivity contribution is 5.92. The van der Waals surface area contributed by atoms with E-state index in [-0.39, 0.29) is 18.4 Å². The number of quaternary nitrogens is 1. The normalized spacial score (nSPS) is 14.0. The van der Waals surface area contributed by atoms with E-state index in [1.54, 1.807) is 0 Å². The topological polar surface area (TPSA) is 37.3 Å². The van der Waals surface area contributed by atoms with Crippen molar-refractivity contribution in [2.45, 2.75) is 13.0 Å². The summed E-state index contributed by atoms with van der Waals surface area (Å²) < 4.78 is 0.501. The number of ketones is 1. The van der Waals surface area contributed by atoms with Crippen LogP contribution in [0.3, 0.4) is 0 Å². The number of rotatable bonds is 5. The fourth-order valence-electron chi connectivity index (χ4n) is 0.966. The van der Waals surface area contributed by atoms with Crippen molar-refractivity contribution in [1.29, 1.82) is 0 Å². The molecule has 1 atom stereocenters. The summed E-state index contributed by atoms with van der Waals surface area (Å²) in [6.07, 6.45) is 1.34. The zero-order valence-corrected chi connectivity index (χ0v) is 8.08. The second kappa shape index (κ2) is 4.38. The van der Waals surface area contributed by atoms with Gasteiger partial charge in [-0.1, -0.05) is 6.58 Å². The molecule has 0 fully saturated rings. The van der Waals surface area contributed by atoms with Gasteiger partial charge < -0.3 is 9.59 Å². The van der Waals surface area contributed by atoms with E-state index in [1.165, 1.54) is 6.08 Å². The molecule has 70 valence electrons. The summed E-state index contributed by atoms with van der Waals surface area (Å²) in [5.41, 5.74) is 0. The van der Waals surface area contributed by atoms with Crippen LogP contribution < -0.4 is 0 Å². The third-order valence-electron chi connectivity index (χ3n) is 2.34. The van der Waals surface area contributed by atoms with Gasteiger partial charge in [-0.2, -0.15) is 0 Å². The minimum absolute atomic E-state index is 0.0217. The second-order valence-electron chi connectivity index (χ2n) is 3.51. The molecule has 0 radical (unpaired) electrons. The minimum Gasteiger partial charge on any atom is -0.391 e. The van der Waals surface area contributed by atoms with Crippen molar-refractivity contribution >= 4 is 5.78 Å². The maximum Gasteiger partial charge on any atom is 0.211 e. The predicted molar refractivity (Wildman–Crippen MR) is 48.7 cm³/mol. The number of carbonyl (C=O) groups is 1. The van der Waals surface area contributed by atoms with Crippen molar-refractivity contribution in [3.63, 3.8) is 0 Å². The zero-order valence-electron chi connectivity index (χ0n) is 8.08. The molecule has 3 heteroatoms. The highest BCUT2D eigenvalue weighted by Crippen LogP contribution is 2.06. The van der Waals surface area contributed by atoms with Crippen molar-refractivity contribution < 1.29 is 14.4 Å². The van der Waals surface area contributed by atoms with Crippen molar-refractivity contribution in [2.75, 3.05) is 27.2 Å². The van der Waals surface area contributed by atoms with E-state index in [9.17, 15) is 4.79 Å². The molecule has 0 saturated heterocycles. The van der Waals surface area contributed by atoms with E-state index >= 15 is 0 Å². The van der Waals surface area contributed by atoms with Crippen molar-refractivity contribution in [2.24, 2.45) is 0 Å². The Balaban J connectivity index is 4.32. The summed E-state index contributed by atoms with van der Waals surface area (Å²) in [6, 6.07) is -0.130. The number of aliphatic hydroxyl groups is 1. The van der Waals surface area contributed by atoms with Crippen LogP contribution in [0.4, 0.5) is 0 Å². The van der Waals surface area contributed by atoms with Crippen LogP contribution in [0.15, 0.2) is 12.7 Å². The molecule has 1 unspecified atom stereocenters. The van der Waals surface area contributed by atoms with Gasteiger partial charge in [-0.3, -0.25) is 4.79 Å². The molecule has 12 heavy (non-hydrogen) atoms. The smallest absolute Gasteiger partial charge is 0.211 e. The molecule has 0 saturated carbocycles. The quantitative estimate of drug-likeness (QED) is 0.475. The minimum atomic E-state index is -0.130. The first-order chi connectivity index (χ1) is 5.45. The van der Waals surface area contributed by atoms with Crippen LogP contribution in [0.1, 0.15) is 6.92 Å². The molecular formula is C9H18NO2+. The number of carbonyl (C=O) groups excluding carboxylic acids is 1. The van der Waals surface area contributed by atoms with Gasteiger partial charge in [0.1, 0.15) is 12.6 Å². The summed E-state index contributed by atoms with van der Waals surface area (Å²) >= 11 is 0. The molecule has 0 aliphatic carbocycles. The van der Waals surface area contributed by atoms with Crippen LogP contribution in [0, 0.1) is 0 Å². The van der Waals surface area contributed by atoms with Gasteiger partial charge in [0, 0.05) is 0 Å². The lowest BCUT2D eigenvalue weighted by Gasteiger charge is -2.33. The van der Waals surface area contributed by atoms with Crippen LogP contribution in [-0.4, -0.2) is 48.7 Å². The lowest BCUT2D eigenvalue weighted by molar-refractivity contribution is -0.903. The monoisotopic (exact) mass is 172 g/mol. The molecular weight excluding hydrogens is 154 g/mol. The largest absolute Gasteiger partial charge is 0.391 e. The average Bonchev–Trinajstić information content (AvgIpc) is 2.01. The van der Waals surface area contributed by atoms with Gasteiger partial charge in [0.2, 0.25) is 5.78 Å². The number of hydrogen-bond acceptors (Lipinski definition) is 2. The summed E-state index contributed by atoms with van der Waals surface area (Å²) in [5.74, 6) is 0.0217. The van der Waals surface area contributed by atoms with Crippen LogP contribution >= 0.6 is 0 Å². The van der Waals surface area contributed by atoms with Gasteiger partial charge in [0.05, 0.1) is 20.7 Å². The average molecular weight is 172 g/mol. The van der Waals surface area contributed by atoms with Crippen LogP contribution in [0.2, 0.25) is 0 Å². The van der Waals surface area contributed by atoms with Gasteiger partial charge in [-0.25, -0.2) is 0 Å². The highest BCUT2D eigenvalue weighted by atomic mass is 16.3. The van der Waals surface area contributed by atoms with E-state index in [0.29, 0.717) is 11.0 Å². The predicted octanol–water partition coefficient (Wildman–Crippen LogP) is 0.199. The molecule has 0 aromatic heterocycles. The first-order valence-corrected chi connectivity index (χ1v) is 4.05. The summed E-state index contributed by atoms with van der Waals surface area (Å²) in [7, 11) is 3.84. The van der Waals surface area contributed by atoms with E-state index in [0.717, 1.165) is 0 Å². The Kier molecular flexibility index (Phi) is 4.13. The standard InChI is InChI=1S/C9H18NO2/c1-5-9(12)8(2)10(3,4)6-7-11/h5,8,11H,1,6-7H2,2-4H3/q+1. The van der Waals surface area contributed by atoms with Crippen molar-refractivity contribution in [1.82, 2.24) is 0 Å². The first-order valence-electron chi connectivity index (χ1n) is 4.05. The highest BCUT2D eigenvalue weighted by Gasteiger charge is 2.27. The third-order valence-corrected chi connectivity index (χ3v) is 2.34. The van der Waals surface area contributed by atoms with E-state index in [2.05, 4.69) is 6.58 Å². The molecule has 0 aromatic carbocycles. The van der Waals surface area contributed by atoms with Crippen LogP contribution in [0.25, 0.3) is 0 Å². The molecule has 0 bridgehead atoms. The lowest BCUT2D eigenvalue weighted by Crippen LogP contribution is -2.52. The number of likely N-dealkylation sites (N-methyl/N-ethyl adjacent to an activating group) is 1. The summed E-state index contributed by atoms with van der Waals surface area (Å²) in [5, 5.41) is 8.75. The fourth-order valence-corrected chi connectivity index (χ4v) is 0.966. The number of aliphatic hydroxyl groups excluding tert-OH is 1. The van der Waals surface area contributed by atoms with E-state index < -0.39 is 0 Å². The Bertz CT molecular complexity index is 175. The number of hydrogen-bond donors (Lipinski definition) is 1. The molecule has 0 aliphatic heterocycles. The molecule has 0 aromatic rings. The third kappa shape index (κ3) is 2.75. The van der Waals surface area contributed by atoms with Crippen LogP contribution in [-0.2, 0) is 4.79 Å². The molecule has 1 N–H and O–H groups in total. The Labute approximate surface area is 73.9 Å². The zero-order chi connectivity index (χ0) is 9.78. The van der Waals surface area contributed by atoms with Gasteiger partial charge >= 0.3 is 0 Å².